The number of amides is 1. The first-order valence-electron chi connectivity index (χ1n) is 6.72. The lowest BCUT2D eigenvalue weighted by molar-refractivity contribution is 0.201. The van der Waals surface area contributed by atoms with E-state index in [9.17, 15) is 13.2 Å². The smallest absolute Gasteiger partial charge is 0.323 e. The molecular weight excluding hydrogens is 363 g/mol. The minimum atomic E-state index is -4.04. The second kappa shape index (κ2) is 6.86. The van der Waals surface area contributed by atoms with E-state index in [2.05, 4.69) is 10.1 Å². The molecule has 0 bridgehead atoms. The first-order valence-corrected chi connectivity index (χ1v) is 8.96. The Hall–Kier alpha value is -1.64. The van der Waals surface area contributed by atoms with Crippen LogP contribution < -0.4 is 0 Å². The first kappa shape index (κ1) is 17.7. The summed E-state index contributed by atoms with van der Waals surface area (Å²) in [5.74, 6) is 0. The van der Waals surface area contributed by atoms with Crippen LogP contribution in [0.15, 0.2) is 34.6 Å². The summed E-state index contributed by atoms with van der Waals surface area (Å²) in [6, 6.07) is 3.53. The van der Waals surface area contributed by atoms with Gasteiger partial charge in [-0.05, 0) is 32.0 Å². The van der Waals surface area contributed by atoms with Crippen LogP contribution in [0.5, 0.6) is 0 Å². The molecule has 1 aromatic heterocycles. The van der Waals surface area contributed by atoms with Crippen molar-refractivity contribution in [1.29, 1.82) is 0 Å². The summed E-state index contributed by atoms with van der Waals surface area (Å²) in [4.78, 5) is 17.2. The molecule has 10 heteroatoms. The van der Waals surface area contributed by atoms with Gasteiger partial charge in [-0.25, -0.2) is 18.2 Å². The Bertz CT molecular complexity index is 831. The monoisotopic (exact) mass is 376 g/mol. The minimum Gasteiger partial charge on any atom is -0.323 e. The van der Waals surface area contributed by atoms with E-state index in [-0.39, 0.29) is 9.92 Å². The highest BCUT2D eigenvalue weighted by molar-refractivity contribution is 7.91. The number of sulfone groups is 1. The van der Waals surface area contributed by atoms with Gasteiger partial charge in [0.1, 0.15) is 6.33 Å². The summed E-state index contributed by atoms with van der Waals surface area (Å²) in [7, 11) is -4.04. The van der Waals surface area contributed by atoms with Crippen LogP contribution in [0.4, 0.5) is 4.79 Å². The predicted molar refractivity (Wildman–Crippen MR) is 85.7 cm³/mol. The Labute approximate surface area is 143 Å². The van der Waals surface area contributed by atoms with Gasteiger partial charge in [-0.1, -0.05) is 23.2 Å². The summed E-state index contributed by atoms with van der Waals surface area (Å²) in [5.41, 5.74) is 0. The zero-order valence-electron chi connectivity index (χ0n) is 12.4. The second-order valence-corrected chi connectivity index (χ2v) is 7.16. The van der Waals surface area contributed by atoms with Crippen LogP contribution in [0.2, 0.25) is 10.0 Å². The fraction of sp³-hybridized carbons (Fsp3) is 0.308. The number of rotatable bonds is 4. The van der Waals surface area contributed by atoms with E-state index in [4.69, 9.17) is 23.2 Å². The van der Waals surface area contributed by atoms with Crippen LogP contribution >= 0.6 is 23.2 Å². The van der Waals surface area contributed by atoms with Crippen molar-refractivity contribution in [3.63, 3.8) is 0 Å². The van der Waals surface area contributed by atoms with Gasteiger partial charge >= 0.3 is 6.03 Å². The Morgan fingerprint density at radius 1 is 1.26 bits per heavy atom. The average Bonchev–Trinajstić information content (AvgIpc) is 2.98. The lowest BCUT2D eigenvalue weighted by Gasteiger charge is -2.17. The zero-order valence-corrected chi connectivity index (χ0v) is 14.7. The normalized spacial score (nSPS) is 11.5. The van der Waals surface area contributed by atoms with E-state index in [1.165, 1.54) is 23.1 Å². The quantitative estimate of drug-likeness (QED) is 0.818. The molecule has 0 fully saturated rings. The molecule has 7 nitrogen and oxygen atoms in total. The van der Waals surface area contributed by atoms with Crippen LogP contribution in [0.1, 0.15) is 13.8 Å². The number of aromatic nitrogens is 3. The standard InChI is InChI=1S/C13H14Cl2N4O3S/c1-3-18(4-2)13(20)19-8-16-12(17-19)23(21,22)11-6-5-9(14)7-10(11)15/h5-8H,3-4H2,1-2H3. The van der Waals surface area contributed by atoms with Crippen LogP contribution in [-0.4, -0.2) is 47.2 Å². The van der Waals surface area contributed by atoms with Gasteiger partial charge in [0.25, 0.3) is 5.16 Å². The third-order valence-corrected chi connectivity index (χ3v) is 5.39. The molecular formula is C13H14Cl2N4O3S. The van der Waals surface area contributed by atoms with Crippen molar-refractivity contribution in [2.75, 3.05) is 13.1 Å². The van der Waals surface area contributed by atoms with Crippen molar-refractivity contribution in [2.45, 2.75) is 23.9 Å². The number of nitrogens with zero attached hydrogens (tertiary/aromatic N) is 4. The van der Waals surface area contributed by atoms with Gasteiger partial charge in [-0.2, -0.15) is 4.68 Å². The molecule has 0 N–H and O–H groups in total. The fourth-order valence-electron chi connectivity index (χ4n) is 1.89. The van der Waals surface area contributed by atoms with Crippen LogP contribution in [0, 0.1) is 0 Å². The highest BCUT2D eigenvalue weighted by Crippen LogP contribution is 2.28. The molecule has 1 amide bonds. The van der Waals surface area contributed by atoms with E-state index < -0.39 is 21.0 Å². The zero-order chi connectivity index (χ0) is 17.2. The molecule has 0 radical (unpaired) electrons. The average molecular weight is 377 g/mol. The summed E-state index contributed by atoms with van der Waals surface area (Å²) in [6.45, 7) is 4.56. The van der Waals surface area contributed by atoms with Crippen molar-refractivity contribution >= 4 is 39.1 Å². The van der Waals surface area contributed by atoms with Gasteiger partial charge in [0.05, 0.1) is 9.92 Å². The number of hydrogen-bond acceptors (Lipinski definition) is 5. The first-order chi connectivity index (χ1) is 10.8. The molecule has 0 spiro atoms. The topological polar surface area (TPSA) is 85.2 Å². The molecule has 1 aromatic carbocycles. The van der Waals surface area contributed by atoms with E-state index in [1.807, 2.05) is 13.8 Å². The maximum Gasteiger partial charge on any atom is 0.346 e. The minimum absolute atomic E-state index is 0.0380. The molecule has 0 aliphatic rings. The molecule has 0 unspecified atom stereocenters. The molecule has 0 saturated carbocycles. The SMILES string of the molecule is CCN(CC)C(=O)n1cnc(S(=O)(=O)c2ccc(Cl)cc2Cl)n1. The fourth-order valence-corrected chi connectivity index (χ4v) is 3.75. The molecule has 0 atom stereocenters. The molecule has 1 heterocycles. The molecule has 0 saturated heterocycles. The lowest BCUT2D eigenvalue weighted by Crippen LogP contribution is -2.34. The van der Waals surface area contributed by atoms with Gasteiger partial charge in [-0.3, -0.25) is 0 Å². The second-order valence-electron chi connectivity index (χ2n) is 4.50. The maximum atomic E-state index is 12.5. The highest BCUT2D eigenvalue weighted by Gasteiger charge is 2.27. The Morgan fingerprint density at radius 2 is 1.91 bits per heavy atom. The van der Waals surface area contributed by atoms with E-state index >= 15 is 0 Å². The third kappa shape index (κ3) is 3.49. The predicted octanol–water partition coefficient (Wildman–Crippen LogP) is 2.73. The van der Waals surface area contributed by atoms with E-state index in [1.54, 1.807) is 0 Å². The van der Waals surface area contributed by atoms with Gasteiger partial charge in [0, 0.05) is 18.1 Å². The Kier molecular flexibility index (Phi) is 5.28. The van der Waals surface area contributed by atoms with Crippen molar-refractivity contribution in [2.24, 2.45) is 0 Å². The van der Waals surface area contributed by atoms with Crippen LogP contribution in [-0.2, 0) is 9.84 Å². The van der Waals surface area contributed by atoms with Crippen molar-refractivity contribution in [1.82, 2.24) is 19.7 Å². The summed E-state index contributed by atoms with van der Waals surface area (Å²) in [5, 5.41) is 3.55. The summed E-state index contributed by atoms with van der Waals surface area (Å²) >= 11 is 11.7. The number of carbonyl (C=O) groups is 1. The van der Waals surface area contributed by atoms with Gasteiger partial charge in [-0.15, -0.1) is 5.10 Å². The van der Waals surface area contributed by atoms with Gasteiger partial charge < -0.3 is 4.90 Å². The lowest BCUT2D eigenvalue weighted by atomic mass is 10.4. The highest BCUT2D eigenvalue weighted by atomic mass is 35.5. The van der Waals surface area contributed by atoms with Crippen molar-refractivity contribution in [3.05, 3.63) is 34.6 Å². The molecule has 0 aliphatic heterocycles. The molecule has 124 valence electrons. The van der Waals surface area contributed by atoms with E-state index in [0.29, 0.717) is 18.1 Å². The number of benzene rings is 1. The molecule has 0 aliphatic carbocycles. The van der Waals surface area contributed by atoms with Gasteiger partial charge in [0.15, 0.2) is 0 Å². The van der Waals surface area contributed by atoms with Crippen molar-refractivity contribution in [3.8, 4) is 0 Å². The molecule has 23 heavy (non-hydrogen) atoms. The molecule has 2 rings (SSSR count). The Balaban J connectivity index is 2.41. The van der Waals surface area contributed by atoms with Crippen molar-refractivity contribution < 1.29 is 13.2 Å². The number of halogens is 2. The largest absolute Gasteiger partial charge is 0.346 e. The Morgan fingerprint density at radius 3 is 2.48 bits per heavy atom. The number of carbonyl (C=O) groups excluding carboxylic acids is 1. The summed E-state index contributed by atoms with van der Waals surface area (Å²) in [6.07, 6.45) is 1.07. The van der Waals surface area contributed by atoms with E-state index in [0.717, 1.165) is 11.0 Å². The van der Waals surface area contributed by atoms with Gasteiger partial charge in [0.2, 0.25) is 9.84 Å². The number of hydrogen-bond donors (Lipinski definition) is 0. The van der Waals surface area contributed by atoms with Crippen LogP contribution in [0.25, 0.3) is 0 Å². The third-order valence-electron chi connectivity index (χ3n) is 3.12. The maximum absolute atomic E-state index is 12.5. The molecule has 2 aromatic rings. The van der Waals surface area contributed by atoms with Crippen LogP contribution in [0.3, 0.4) is 0 Å². The summed E-state index contributed by atoms with van der Waals surface area (Å²) < 4.78 is 25.9.